The Morgan fingerprint density at radius 1 is 0.781 bits per heavy atom. The Balaban J connectivity index is 2.31. The van der Waals surface area contributed by atoms with Crippen molar-refractivity contribution in [2.45, 2.75) is 66.0 Å². The fourth-order valence-electron chi connectivity index (χ4n) is 3.60. The molecule has 0 saturated heterocycles. The first-order valence-electron chi connectivity index (χ1n) is 11.3. The molecule has 3 atom stereocenters. The second-order valence-electron chi connectivity index (χ2n) is 7.64. The van der Waals surface area contributed by atoms with Gasteiger partial charge in [0.05, 0.1) is 13.0 Å². The molecule has 0 aromatic heterocycles. The number of rotatable bonds is 13. The molecule has 0 radical (unpaired) electrons. The van der Waals surface area contributed by atoms with Crippen LogP contribution in [0.1, 0.15) is 59.1 Å². The van der Waals surface area contributed by atoms with Crippen molar-refractivity contribution in [3.05, 3.63) is 59.7 Å². The zero-order chi connectivity index (χ0) is 23.6. The van der Waals surface area contributed by atoms with E-state index in [-0.39, 0.29) is 18.7 Å². The number of ether oxygens (including phenoxy) is 5. The summed E-state index contributed by atoms with van der Waals surface area (Å²) in [5, 5.41) is 0. The zero-order valence-corrected chi connectivity index (χ0v) is 20.1. The molecule has 0 fully saturated rings. The monoisotopic (exact) mass is 444 g/mol. The lowest BCUT2D eigenvalue weighted by molar-refractivity contribution is -0.174. The molecule has 6 heteroatoms. The summed E-state index contributed by atoms with van der Waals surface area (Å²) in [4.78, 5) is 12.8. The Kier molecular flexibility index (Phi) is 10.0. The summed E-state index contributed by atoms with van der Waals surface area (Å²) in [6.45, 7) is 13.0. The van der Waals surface area contributed by atoms with Crippen molar-refractivity contribution in [2.24, 2.45) is 0 Å². The molecule has 32 heavy (non-hydrogen) atoms. The lowest BCUT2D eigenvalue weighted by Gasteiger charge is -2.31. The third kappa shape index (κ3) is 7.24. The van der Waals surface area contributed by atoms with Crippen molar-refractivity contribution in [2.75, 3.05) is 19.8 Å². The van der Waals surface area contributed by atoms with E-state index in [9.17, 15) is 4.79 Å². The fraction of sp³-hybridized carbons (Fsp3) is 0.500. The average molecular weight is 445 g/mol. The highest BCUT2D eigenvalue weighted by atomic mass is 16.7. The molecular formula is C26H36O6. The molecule has 2 rings (SSSR count). The lowest BCUT2D eigenvalue weighted by Crippen LogP contribution is -2.30. The highest BCUT2D eigenvalue weighted by Crippen LogP contribution is 2.37. The average Bonchev–Trinajstić information content (AvgIpc) is 2.75. The van der Waals surface area contributed by atoms with Crippen LogP contribution in [0.5, 0.6) is 11.5 Å². The first kappa shape index (κ1) is 25.7. The predicted octanol–water partition coefficient (Wildman–Crippen LogP) is 5.47. The maximum atomic E-state index is 12.8. The van der Waals surface area contributed by atoms with E-state index in [2.05, 4.69) is 0 Å². The summed E-state index contributed by atoms with van der Waals surface area (Å²) in [5.41, 5.74) is 1.34. The molecule has 0 aliphatic rings. The second kappa shape index (κ2) is 12.5. The van der Waals surface area contributed by atoms with Gasteiger partial charge in [0.15, 0.2) is 12.6 Å². The Morgan fingerprint density at radius 3 is 1.78 bits per heavy atom. The van der Waals surface area contributed by atoms with Gasteiger partial charge in [-0.3, -0.25) is 4.79 Å². The maximum absolute atomic E-state index is 12.8. The molecule has 3 unspecified atom stereocenters. The van der Waals surface area contributed by atoms with Crippen molar-refractivity contribution in [1.82, 2.24) is 0 Å². The van der Waals surface area contributed by atoms with Gasteiger partial charge in [-0.15, -0.1) is 0 Å². The van der Waals surface area contributed by atoms with E-state index in [0.29, 0.717) is 25.6 Å². The third-order valence-corrected chi connectivity index (χ3v) is 5.19. The molecular weight excluding hydrogens is 408 g/mol. The molecule has 176 valence electrons. The molecule has 2 aromatic carbocycles. The van der Waals surface area contributed by atoms with Gasteiger partial charge in [-0.2, -0.15) is 0 Å². The van der Waals surface area contributed by atoms with Gasteiger partial charge >= 0.3 is 5.97 Å². The first-order chi connectivity index (χ1) is 15.3. The standard InChI is InChI=1S/C26H36O6/c1-7-28-19(4)31-24-16-12-22(13-17-24)26(6,18-25(27)32-20(5)29-8-2)21-10-14-23(15-11-21)30-9-3/h10-17,19-20H,7-9,18H2,1-6H3. The van der Waals surface area contributed by atoms with Gasteiger partial charge < -0.3 is 23.7 Å². The molecule has 2 aromatic rings. The Labute approximate surface area is 191 Å². The van der Waals surface area contributed by atoms with Crippen LogP contribution in [0.3, 0.4) is 0 Å². The summed E-state index contributed by atoms with van der Waals surface area (Å²) in [5.74, 6) is 1.17. The van der Waals surface area contributed by atoms with E-state index >= 15 is 0 Å². The molecule has 0 bridgehead atoms. The molecule has 0 heterocycles. The second-order valence-corrected chi connectivity index (χ2v) is 7.64. The van der Waals surface area contributed by atoms with E-state index in [4.69, 9.17) is 23.7 Å². The van der Waals surface area contributed by atoms with Crippen LogP contribution in [-0.4, -0.2) is 38.4 Å². The summed E-state index contributed by atoms with van der Waals surface area (Å²) >= 11 is 0. The van der Waals surface area contributed by atoms with Crippen LogP contribution in [0.2, 0.25) is 0 Å². The van der Waals surface area contributed by atoms with Crippen molar-refractivity contribution in [3.63, 3.8) is 0 Å². The summed E-state index contributed by atoms with van der Waals surface area (Å²) in [6.07, 6.45) is -0.764. The van der Waals surface area contributed by atoms with Crippen molar-refractivity contribution >= 4 is 5.97 Å². The predicted molar refractivity (Wildman–Crippen MR) is 124 cm³/mol. The molecule has 0 aliphatic heterocycles. The molecule has 0 amide bonds. The minimum absolute atomic E-state index is 0.161. The molecule has 0 spiro atoms. The number of carbonyl (C=O) groups excluding carboxylic acids is 1. The van der Waals surface area contributed by atoms with Gasteiger partial charge in [-0.05, 0) is 70.0 Å². The maximum Gasteiger partial charge on any atom is 0.309 e. The molecule has 6 nitrogen and oxygen atoms in total. The van der Waals surface area contributed by atoms with Crippen molar-refractivity contribution in [3.8, 4) is 11.5 Å². The Bertz CT molecular complexity index is 817. The van der Waals surface area contributed by atoms with Gasteiger partial charge in [-0.25, -0.2) is 0 Å². The number of hydrogen-bond acceptors (Lipinski definition) is 6. The van der Waals surface area contributed by atoms with Crippen LogP contribution in [0.25, 0.3) is 0 Å². The van der Waals surface area contributed by atoms with Crippen LogP contribution >= 0.6 is 0 Å². The van der Waals surface area contributed by atoms with Crippen LogP contribution in [0, 0.1) is 0 Å². The van der Waals surface area contributed by atoms with Gasteiger partial charge in [-0.1, -0.05) is 31.2 Å². The van der Waals surface area contributed by atoms with Gasteiger partial charge in [0, 0.05) is 18.6 Å². The van der Waals surface area contributed by atoms with E-state index in [0.717, 1.165) is 16.9 Å². The van der Waals surface area contributed by atoms with E-state index < -0.39 is 11.7 Å². The lowest BCUT2D eigenvalue weighted by atomic mass is 9.73. The first-order valence-corrected chi connectivity index (χ1v) is 11.3. The quantitative estimate of drug-likeness (QED) is 0.302. The summed E-state index contributed by atoms with van der Waals surface area (Å²) in [6, 6.07) is 15.6. The number of hydrogen-bond donors (Lipinski definition) is 0. The summed E-state index contributed by atoms with van der Waals surface area (Å²) < 4.78 is 27.6. The third-order valence-electron chi connectivity index (χ3n) is 5.19. The van der Waals surface area contributed by atoms with Crippen LogP contribution in [-0.2, 0) is 24.4 Å². The zero-order valence-electron chi connectivity index (χ0n) is 20.1. The normalized spacial score (nSPS) is 14.8. The van der Waals surface area contributed by atoms with Gasteiger partial charge in [0.1, 0.15) is 11.5 Å². The SMILES string of the molecule is CCOc1ccc(C(C)(CC(=O)OC(C)OCC)c2ccc(OC(C)OCC)cc2)cc1. The highest BCUT2D eigenvalue weighted by Gasteiger charge is 2.33. The summed E-state index contributed by atoms with van der Waals surface area (Å²) in [7, 11) is 0. The Hall–Kier alpha value is -2.57. The number of carbonyl (C=O) groups is 1. The van der Waals surface area contributed by atoms with E-state index in [1.807, 2.05) is 83.1 Å². The topological polar surface area (TPSA) is 63.2 Å². The van der Waals surface area contributed by atoms with Crippen molar-refractivity contribution < 1.29 is 28.5 Å². The molecule has 0 aliphatic carbocycles. The fourth-order valence-corrected chi connectivity index (χ4v) is 3.60. The van der Waals surface area contributed by atoms with Crippen molar-refractivity contribution in [1.29, 1.82) is 0 Å². The largest absolute Gasteiger partial charge is 0.494 e. The van der Waals surface area contributed by atoms with E-state index in [1.54, 1.807) is 6.92 Å². The van der Waals surface area contributed by atoms with Crippen LogP contribution in [0.4, 0.5) is 0 Å². The van der Waals surface area contributed by atoms with E-state index in [1.165, 1.54) is 0 Å². The van der Waals surface area contributed by atoms with Crippen LogP contribution < -0.4 is 9.47 Å². The minimum Gasteiger partial charge on any atom is -0.494 e. The minimum atomic E-state index is -0.613. The molecule has 0 N–H and O–H groups in total. The number of benzene rings is 2. The smallest absolute Gasteiger partial charge is 0.309 e. The van der Waals surface area contributed by atoms with Crippen LogP contribution in [0.15, 0.2) is 48.5 Å². The molecule has 0 saturated carbocycles. The number of esters is 1. The van der Waals surface area contributed by atoms with Gasteiger partial charge in [0.2, 0.25) is 0 Å². The van der Waals surface area contributed by atoms with Gasteiger partial charge in [0.25, 0.3) is 0 Å². The Morgan fingerprint density at radius 2 is 1.28 bits per heavy atom. The highest BCUT2D eigenvalue weighted by molar-refractivity contribution is 5.73.